The Balaban J connectivity index is 0.00000169. The highest BCUT2D eigenvalue weighted by molar-refractivity contribution is 5.85. The number of fused-ring (bicyclic) bond motifs is 1. The van der Waals surface area contributed by atoms with Gasteiger partial charge in [-0.05, 0) is 24.3 Å². The number of piperazine rings is 1. The topological polar surface area (TPSA) is 76.3 Å². The second-order valence-electron chi connectivity index (χ2n) is 5.37. The molecule has 24 heavy (non-hydrogen) atoms. The van der Waals surface area contributed by atoms with E-state index in [1.807, 2.05) is 24.3 Å². The number of anilines is 1. The van der Waals surface area contributed by atoms with Gasteiger partial charge in [0.1, 0.15) is 12.4 Å². The van der Waals surface area contributed by atoms with Gasteiger partial charge in [-0.3, -0.25) is 4.98 Å². The molecule has 8 heteroatoms. The van der Waals surface area contributed by atoms with Gasteiger partial charge in [0.05, 0.1) is 12.2 Å². The minimum atomic E-state index is 0. The van der Waals surface area contributed by atoms with Crippen LogP contribution in [0, 0.1) is 0 Å². The molecule has 1 aliphatic heterocycles. The Kier molecular flexibility index (Phi) is 5.12. The van der Waals surface area contributed by atoms with Crippen LogP contribution in [0.15, 0.2) is 47.3 Å². The van der Waals surface area contributed by atoms with E-state index >= 15 is 0 Å². The van der Waals surface area contributed by atoms with Crippen molar-refractivity contribution in [3.8, 4) is 5.75 Å². The third kappa shape index (κ3) is 3.42. The number of hydrogen-bond donors (Lipinski definition) is 1. The van der Waals surface area contributed by atoms with Gasteiger partial charge in [0.2, 0.25) is 5.65 Å². The minimum Gasteiger partial charge on any atom is -0.490 e. The molecule has 0 saturated carbocycles. The van der Waals surface area contributed by atoms with E-state index in [2.05, 4.69) is 25.2 Å². The fourth-order valence-corrected chi connectivity index (χ4v) is 2.67. The molecule has 0 amide bonds. The Morgan fingerprint density at radius 1 is 1.29 bits per heavy atom. The molecule has 1 saturated heterocycles. The van der Waals surface area contributed by atoms with Gasteiger partial charge in [-0.15, -0.1) is 12.4 Å². The first kappa shape index (κ1) is 16.5. The number of halogens is 1. The summed E-state index contributed by atoms with van der Waals surface area (Å²) in [7, 11) is 0. The van der Waals surface area contributed by atoms with Crippen LogP contribution in [0.4, 0.5) is 6.01 Å². The lowest BCUT2D eigenvalue weighted by Gasteiger charge is -2.34. The zero-order valence-corrected chi connectivity index (χ0v) is 13.8. The van der Waals surface area contributed by atoms with E-state index in [0.717, 1.165) is 25.4 Å². The molecule has 1 fully saturated rings. The predicted octanol–water partition coefficient (Wildman–Crippen LogP) is 1.90. The van der Waals surface area contributed by atoms with Gasteiger partial charge >= 0.3 is 0 Å². The van der Waals surface area contributed by atoms with Crippen molar-refractivity contribution in [1.82, 2.24) is 20.3 Å². The fourth-order valence-electron chi connectivity index (χ4n) is 2.67. The standard InChI is InChI=1S/C16H17N5O2.ClH/c1-3-13(10-17-5-1)22-11-12-9-18-7-8-21(12)16-20-15-14(23-16)4-2-6-19-15;/h1-6,10,12,18H,7-9,11H2;1H/t12-;/m0./s1. The average Bonchev–Trinajstić information content (AvgIpc) is 3.05. The summed E-state index contributed by atoms with van der Waals surface area (Å²) in [6, 6.07) is 8.22. The van der Waals surface area contributed by atoms with Gasteiger partial charge in [0.25, 0.3) is 6.01 Å². The van der Waals surface area contributed by atoms with Gasteiger partial charge in [-0.25, -0.2) is 4.98 Å². The lowest BCUT2D eigenvalue weighted by molar-refractivity contribution is 0.261. The van der Waals surface area contributed by atoms with Crippen LogP contribution < -0.4 is 15.0 Å². The predicted molar refractivity (Wildman–Crippen MR) is 92.8 cm³/mol. The van der Waals surface area contributed by atoms with Crippen LogP contribution >= 0.6 is 12.4 Å². The number of ether oxygens (including phenoxy) is 1. The molecule has 1 aliphatic rings. The largest absolute Gasteiger partial charge is 0.490 e. The maximum absolute atomic E-state index is 5.85. The van der Waals surface area contributed by atoms with E-state index in [1.165, 1.54) is 0 Å². The Bertz CT molecular complexity index is 749. The molecule has 3 aromatic rings. The first-order valence-electron chi connectivity index (χ1n) is 7.62. The lowest BCUT2D eigenvalue weighted by atomic mass is 10.2. The first-order valence-corrected chi connectivity index (χ1v) is 7.62. The second-order valence-corrected chi connectivity index (χ2v) is 5.37. The Morgan fingerprint density at radius 2 is 2.21 bits per heavy atom. The number of hydrogen-bond acceptors (Lipinski definition) is 7. The molecule has 4 heterocycles. The number of aromatic nitrogens is 3. The van der Waals surface area contributed by atoms with Crippen LogP contribution in [0.1, 0.15) is 0 Å². The number of rotatable bonds is 4. The normalized spacial score (nSPS) is 17.5. The molecular weight excluding hydrogens is 330 g/mol. The smallest absolute Gasteiger partial charge is 0.300 e. The highest BCUT2D eigenvalue weighted by Crippen LogP contribution is 2.23. The van der Waals surface area contributed by atoms with Gasteiger partial charge in [0.15, 0.2) is 5.58 Å². The molecule has 4 rings (SSSR count). The molecule has 0 spiro atoms. The van der Waals surface area contributed by atoms with Crippen molar-refractivity contribution in [2.45, 2.75) is 6.04 Å². The molecule has 1 atom stereocenters. The van der Waals surface area contributed by atoms with Gasteiger partial charge < -0.3 is 19.4 Å². The molecule has 0 unspecified atom stereocenters. The maximum atomic E-state index is 5.85. The number of nitrogens with zero attached hydrogens (tertiary/aromatic N) is 4. The van der Waals surface area contributed by atoms with E-state index in [9.17, 15) is 0 Å². The molecule has 1 N–H and O–H groups in total. The molecule has 126 valence electrons. The summed E-state index contributed by atoms with van der Waals surface area (Å²) in [4.78, 5) is 14.9. The average molecular weight is 348 g/mol. The molecule has 0 aromatic carbocycles. The summed E-state index contributed by atoms with van der Waals surface area (Å²) >= 11 is 0. The third-order valence-electron chi connectivity index (χ3n) is 3.83. The number of oxazole rings is 1. The van der Waals surface area contributed by atoms with Gasteiger partial charge in [0, 0.05) is 32.0 Å². The molecule has 0 radical (unpaired) electrons. The summed E-state index contributed by atoms with van der Waals surface area (Å²) in [5, 5.41) is 3.38. The van der Waals surface area contributed by atoms with Crippen molar-refractivity contribution in [2.75, 3.05) is 31.1 Å². The van der Waals surface area contributed by atoms with Crippen LogP contribution in [0.2, 0.25) is 0 Å². The highest BCUT2D eigenvalue weighted by Gasteiger charge is 2.27. The molecule has 0 bridgehead atoms. The molecular formula is C16H18ClN5O2. The third-order valence-corrected chi connectivity index (χ3v) is 3.83. The summed E-state index contributed by atoms with van der Waals surface area (Å²) < 4.78 is 11.7. The summed E-state index contributed by atoms with van der Waals surface area (Å²) in [5.41, 5.74) is 1.33. The van der Waals surface area contributed by atoms with Crippen molar-refractivity contribution >= 4 is 29.7 Å². The molecule has 7 nitrogen and oxygen atoms in total. The maximum Gasteiger partial charge on any atom is 0.300 e. The molecule has 3 aromatic heterocycles. The fraction of sp³-hybridized carbons (Fsp3) is 0.312. The van der Waals surface area contributed by atoms with E-state index < -0.39 is 0 Å². The highest BCUT2D eigenvalue weighted by atomic mass is 35.5. The van der Waals surface area contributed by atoms with E-state index in [0.29, 0.717) is 23.9 Å². The Morgan fingerprint density at radius 3 is 3.04 bits per heavy atom. The van der Waals surface area contributed by atoms with Crippen LogP contribution in [-0.2, 0) is 0 Å². The quantitative estimate of drug-likeness (QED) is 0.772. The zero-order chi connectivity index (χ0) is 15.5. The van der Waals surface area contributed by atoms with Crippen molar-refractivity contribution in [3.05, 3.63) is 42.9 Å². The monoisotopic (exact) mass is 347 g/mol. The van der Waals surface area contributed by atoms with E-state index in [-0.39, 0.29) is 18.4 Å². The number of nitrogens with one attached hydrogen (secondary N) is 1. The van der Waals surface area contributed by atoms with Crippen LogP contribution in [0.3, 0.4) is 0 Å². The van der Waals surface area contributed by atoms with E-state index in [4.69, 9.17) is 9.15 Å². The lowest BCUT2D eigenvalue weighted by Crippen LogP contribution is -2.54. The zero-order valence-electron chi connectivity index (χ0n) is 13.0. The minimum absolute atomic E-state index is 0. The van der Waals surface area contributed by atoms with Gasteiger partial charge in [-0.2, -0.15) is 4.98 Å². The van der Waals surface area contributed by atoms with Crippen LogP contribution in [0.5, 0.6) is 5.75 Å². The summed E-state index contributed by atoms with van der Waals surface area (Å²) in [6.07, 6.45) is 5.16. The summed E-state index contributed by atoms with van der Waals surface area (Å²) in [6.45, 7) is 3.04. The number of pyridine rings is 2. The Hall–Kier alpha value is -2.38. The van der Waals surface area contributed by atoms with Crippen LogP contribution in [-0.4, -0.2) is 47.2 Å². The van der Waals surface area contributed by atoms with E-state index in [1.54, 1.807) is 18.6 Å². The van der Waals surface area contributed by atoms with Crippen molar-refractivity contribution < 1.29 is 9.15 Å². The summed E-state index contributed by atoms with van der Waals surface area (Å²) in [5.74, 6) is 0.761. The van der Waals surface area contributed by atoms with Crippen molar-refractivity contribution in [2.24, 2.45) is 0 Å². The van der Waals surface area contributed by atoms with Crippen molar-refractivity contribution in [3.63, 3.8) is 0 Å². The molecule has 0 aliphatic carbocycles. The van der Waals surface area contributed by atoms with Crippen molar-refractivity contribution in [1.29, 1.82) is 0 Å². The Labute approximate surface area is 145 Å². The second kappa shape index (κ2) is 7.46. The SMILES string of the molecule is Cl.c1cncc(OC[C@@H]2CNCCN2c2nc3ncccc3o2)c1. The van der Waals surface area contributed by atoms with Gasteiger partial charge in [-0.1, -0.05) is 0 Å². The van der Waals surface area contributed by atoms with Crippen LogP contribution in [0.25, 0.3) is 11.2 Å². The first-order chi connectivity index (χ1) is 11.4.